The number of aliphatic hydroxyl groups excluding tert-OH is 1. The molecule has 2 fully saturated rings. The summed E-state index contributed by atoms with van der Waals surface area (Å²) in [5.41, 5.74) is 2.19. The number of aliphatic hydroxyl groups is 1. The molecule has 3 aliphatic heterocycles. The molecule has 2 aromatic rings. The topological polar surface area (TPSA) is 97.8 Å². The van der Waals surface area contributed by atoms with Gasteiger partial charge in [0, 0.05) is 38.2 Å². The summed E-state index contributed by atoms with van der Waals surface area (Å²) in [7, 11) is 1.57. The fourth-order valence-corrected chi connectivity index (χ4v) is 5.76. The lowest BCUT2D eigenvalue weighted by atomic mass is 9.94. The number of unbranched alkanes of at least 4 members (excludes halogenated alkanes) is 2. The first-order chi connectivity index (χ1) is 19.9. The summed E-state index contributed by atoms with van der Waals surface area (Å²) < 4.78 is 22.9. The minimum absolute atomic E-state index is 0.0448. The largest absolute Gasteiger partial charge is 0.507 e. The van der Waals surface area contributed by atoms with Crippen LogP contribution >= 0.6 is 0 Å². The lowest BCUT2D eigenvalue weighted by Gasteiger charge is -2.31. The molecule has 0 bridgehead atoms. The summed E-state index contributed by atoms with van der Waals surface area (Å²) in [6.07, 6.45) is 3.87. The van der Waals surface area contributed by atoms with Gasteiger partial charge in [0.1, 0.15) is 17.6 Å². The van der Waals surface area contributed by atoms with E-state index in [0.29, 0.717) is 62.0 Å². The van der Waals surface area contributed by atoms with Crippen LogP contribution in [0.4, 0.5) is 0 Å². The number of nitrogens with zero attached hydrogens (tertiary/aromatic N) is 2. The van der Waals surface area contributed by atoms with Crippen molar-refractivity contribution in [2.45, 2.75) is 51.7 Å². The van der Waals surface area contributed by atoms with Gasteiger partial charge >= 0.3 is 0 Å². The summed E-state index contributed by atoms with van der Waals surface area (Å²) in [4.78, 5) is 30.8. The smallest absolute Gasteiger partial charge is 0.295 e. The quantitative estimate of drug-likeness (QED) is 0.186. The van der Waals surface area contributed by atoms with Gasteiger partial charge in [-0.15, -0.1) is 0 Å². The second-order valence-electron chi connectivity index (χ2n) is 10.9. The van der Waals surface area contributed by atoms with E-state index in [0.717, 1.165) is 43.7 Å². The van der Waals surface area contributed by atoms with Crippen LogP contribution in [0.2, 0.25) is 0 Å². The third-order valence-corrected chi connectivity index (χ3v) is 7.98. The van der Waals surface area contributed by atoms with Crippen LogP contribution in [0.25, 0.3) is 5.76 Å². The van der Waals surface area contributed by atoms with Crippen molar-refractivity contribution in [1.29, 1.82) is 0 Å². The summed E-state index contributed by atoms with van der Waals surface area (Å²) >= 11 is 0. The highest BCUT2D eigenvalue weighted by molar-refractivity contribution is 6.46. The van der Waals surface area contributed by atoms with Crippen LogP contribution in [0, 0.1) is 0 Å². The van der Waals surface area contributed by atoms with Gasteiger partial charge in [0.2, 0.25) is 0 Å². The third kappa shape index (κ3) is 6.21. The van der Waals surface area contributed by atoms with Gasteiger partial charge in [0.05, 0.1) is 38.5 Å². The monoisotopic (exact) mass is 564 g/mol. The Morgan fingerprint density at radius 2 is 1.85 bits per heavy atom. The number of hydrogen-bond acceptors (Lipinski definition) is 8. The lowest BCUT2D eigenvalue weighted by molar-refractivity contribution is -0.140. The molecule has 0 aromatic heterocycles. The first kappa shape index (κ1) is 29.0. The highest BCUT2D eigenvalue weighted by Gasteiger charge is 2.46. The molecule has 2 aromatic carbocycles. The van der Waals surface area contributed by atoms with Crippen molar-refractivity contribution in [3.8, 4) is 17.2 Å². The zero-order valence-electron chi connectivity index (χ0n) is 24.2. The Hall–Kier alpha value is -3.56. The van der Waals surface area contributed by atoms with E-state index in [1.807, 2.05) is 31.2 Å². The highest BCUT2D eigenvalue weighted by atomic mass is 16.5. The van der Waals surface area contributed by atoms with Crippen molar-refractivity contribution < 1.29 is 33.6 Å². The van der Waals surface area contributed by atoms with Gasteiger partial charge in [-0.05, 0) is 54.8 Å². The van der Waals surface area contributed by atoms with Gasteiger partial charge in [-0.3, -0.25) is 14.5 Å². The van der Waals surface area contributed by atoms with Crippen LogP contribution in [0.3, 0.4) is 0 Å². The van der Waals surface area contributed by atoms with Crippen LogP contribution < -0.4 is 14.2 Å². The van der Waals surface area contributed by atoms with Crippen LogP contribution in [0.5, 0.6) is 17.2 Å². The SMILES string of the molecule is CCCCCOc1ccc(C2/C(=C(\O)c3ccc4c(c3)CC(C)O4)C(=O)C(=O)N2CCN2CCOCC2)cc1OC. The molecule has 0 aliphatic carbocycles. The van der Waals surface area contributed by atoms with Crippen LogP contribution in [-0.4, -0.2) is 85.8 Å². The minimum Gasteiger partial charge on any atom is -0.507 e. The van der Waals surface area contributed by atoms with Gasteiger partial charge < -0.3 is 29.0 Å². The lowest BCUT2D eigenvalue weighted by Crippen LogP contribution is -2.42. The molecule has 2 atom stereocenters. The number of likely N-dealkylation sites (tertiary alicyclic amines) is 1. The fraction of sp³-hybridized carbons (Fsp3) is 0.500. The average Bonchev–Trinajstić information content (AvgIpc) is 3.49. The Morgan fingerprint density at radius 3 is 2.61 bits per heavy atom. The van der Waals surface area contributed by atoms with E-state index in [9.17, 15) is 14.7 Å². The Labute approximate surface area is 241 Å². The average molecular weight is 565 g/mol. The van der Waals surface area contributed by atoms with Crippen LogP contribution in [-0.2, 0) is 20.7 Å². The number of ether oxygens (including phenoxy) is 4. The number of hydrogen-bond donors (Lipinski definition) is 1. The van der Waals surface area contributed by atoms with E-state index in [1.54, 1.807) is 24.1 Å². The number of ketones is 1. The number of Topliss-reactive ketones (excluding diaryl/α,β-unsaturated/α-hetero) is 1. The molecule has 3 heterocycles. The van der Waals surface area contributed by atoms with Crippen LogP contribution in [0.15, 0.2) is 42.0 Å². The second-order valence-corrected chi connectivity index (χ2v) is 10.9. The summed E-state index contributed by atoms with van der Waals surface area (Å²) in [6, 6.07) is 10.1. The van der Waals surface area contributed by atoms with Crippen molar-refractivity contribution in [2.75, 3.05) is 53.1 Å². The zero-order chi connectivity index (χ0) is 28.9. The molecule has 9 heteroatoms. The Morgan fingerprint density at radius 1 is 1.05 bits per heavy atom. The summed E-state index contributed by atoms with van der Waals surface area (Å²) in [5, 5.41) is 11.6. The van der Waals surface area contributed by atoms with E-state index < -0.39 is 17.7 Å². The molecule has 1 N–H and O–H groups in total. The van der Waals surface area contributed by atoms with Gasteiger partial charge in [0.15, 0.2) is 11.5 Å². The predicted octanol–water partition coefficient (Wildman–Crippen LogP) is 4.34. The standard InChI is InChI=1S/C32H40N2O7/c1-4-5-6-15-40-26-10-7-22(20-27(26)38-3)29-28(30(35)23-8-9-25-24(19-23)18-21(2)41-25)31(36)32(37)34(29)12-11-33-13-16-39-17-14-33/h7-10,19-21,29,35H,4-6,11-18H2,1-3H3/b30-28+. The molecule has 5 rings (SSSR count). The highest BCUT2D eigenvalue weighted by Crippen LogP contribution is 2.42. The van der Waals surface area contributed by atoms with Gasteiger partial charge in [0.25, 0.3) is 11.7 Å². The van der Waals surface area contributed by atoms with Crippen molar-refractivity contribution in [3.05, 3.63) is 58.7 Å². The number of morpholine rings is 1. The van der Waals surface area contributed by atoms with Crippen molar-refractivity contribution >= 4 is 17.4 Å². The number of methoxy groups -OCH3 is 1. The zero-order valence-corrected chi connectivity index (χ0v) is 24.2. The van der Waals surface area contributed by atoms with E-state index in [4.69, 9.17) is 18.9 Å². The first-order valence-corrected chi connectivity index (χ1v) is 14.6. The van der Waals surface area contributed by atoms with Crippen molar-refractivity contribution in [1.82, 2.24) is 9.80 Å². The molecule has 0 saturated carbocycles. The number of amides is 1. The molecule has 2 unspecified atom stereocenters. The number of benzene rings is 2. The summed E-state index contributed by atoms with van der Waals surface area (Å²) in [5.74, 6) is 0.381. The number of fused-ring (bicyclic) bond motifs is 1. The number of carbonyl (C=O) groups excluding carboxylic acids is 2. The van der Waals surface area contributed by atoms with E-state index in [2.05, 4.69) is 11.8 Å². The molecule has 2 saturated heterocycles. The first-order valence-electron chi connectivity index (χ1n) is 14.6. The second kappa shape index (κ2) is 13.0. The van der Waals surface area contributed by atoms with Crippen molar-refractivity contribution in [2.24, 2.45) is 0 Å². The Bertz CT molecular complexity index is 1300. The Balaban J connectivity index is 1.51. The molecule has 220 valence electrons. The van der Waals surface area contributed by atoms with Gasteiger partial charge in [-0.25, -0.2) is 0 Å². The van der Waals surface area contributed by atoms with E-state index in [1.165, 1.54) is 0 Å². The molecule has 0 radical (unpaired) electrons. The molecule has 41 heavy (non-hydrogen) atoms. The maximum absolute atomic E-state index is 13.6. The summed E-state index contributed by atoms with van der Waals surface area (Å²) in [6.45, 7) is 8.44. The molecular formula is C32H40N2O7. The van der Waals surface area contributed by atoms with E-state index in [-0.39, 0.29) is 17.4 Å². The fourth-order valence-electron chi connectivity index (χ4n) is 5.76. The molecule has 1 amide bonds. The maximum atomic E-state index is 13.6. The maximum Gasteiger partial charge on any atom is 0.295 e. The number of carbonyl (C=O) groups is 2. The van der Waals surface area contributed by atoms with Crippen LogP contribution in [0.1, 0.15) is 55.8 Å². The number of rotatable bonds is 11. The molecule has 3 aliphatic rings. The Kier molecular flexibility index (Phi) is 9.15. The normalized spacial score (nSPS) is 22.1. The molecule has 0 spiro atoms. The third-order valence-electron chi connectivity index (χ3n) is 7.98. The predicted molar refractivity (Wildman–Crippen MR) is 155 cm³/mol. The van der Waals surface area contributed by atoms with Gasteiger partial charge in [-0.2, -0.15) is 0 Å². The minimum atomic E-state index is -0.775. The van der Waals surface area contributed by atoms with E-state index >= 15 is 0 Å². The van der Waals surface area contributed by atoms with Crippen molar-refractivity contribution in [3.63, 3.8) is 0 Å². The van der Waals surface area contributed by atoms with Gasteiger partial charge in [-0.1, -0.05) is 25.8 Å². The molecular weight excluding hydrogens is 524 g/mol. The molecule has 9 nitrogen and oxygen atoms in total.